The van der Waals surface area contributed by atoms with Crippen LogP contribution in [0.4, 0.5) is 0 Å². The fourth-order valence-electron chi connectivity index (χ4n) is 3.93. The number of rotatable bonds is 7. The van der Waals surface area contributed by atoms with Crippen molar-refractivity contribution in [3.63, 3.8) is 0 Å². The maximum Gasteiger partial charge on any atom is 0.147 e. The van der Waals surface area contributed by atoms with Gasteiger partial charge in [0.2, 0.25) is 0 Å². The van der Waals surface area contributed by atoms with Gasteiger partial charge in [0.05, 0.1) is 5.75 Å². The molecule has 18 heavy (non-hydrogen) atoms. The molecule has 2 aliphatic carbocycles. The van der Waals surface area contributed by atoms with E-state index >= 15 is 0 Å². The van der Waals surface area contributed by atoms with Crippen molar-refractivity contribution in [2.45, 2.75) is 51.5 Å². The van der Waals surface area contributed by atoms with E-state index in [0.29, 0.717) is 11.8 Å². The van der Waals surface area contributed by atoms with Crippen LogP contribution in [-0.4, -0.2) is 33.0 Å². The molecule has 0 aromatic rings. The van der Waals surface area contributed by atoms with Crippen LogP contribution in [0.3, 0.4) is 0 Å². The Balaban J connectivity index is 1.92. The molecule has 1 N–H and O–H groups in total. The zero-order valence-electron chi connectivity index (χ0n) is 11.7. The Morgan fingerprint density at radius 2 is 2.06 bits per heavy atom. The van der Waals surface area contributed by atoms with Gasteiger partial charge in [-0.25, -0.2) is 8.42 Å². The first-order valence-corrected chi connectivity index (χ1v) is 9.46. The summed E-state index contributed by atoms with van der Waals surface area (Å²) in [6.45, 7) is 3.18. The summed E-state index contributed by atoms with van der Waals surface area (Å²) in [6, 6.07) is 0.426. The molecule has 2 fully saturated rings. The molecule has 2 saturated carbocycles. The summed E-state index contributed by atoms with van der Waals surface area (Å²) >= 11 is 0. The van der Waals surface area contributed by atoms with Crippen LogP contribution in [0.2, 0.25) is 0 Å². The van der Waals surface area contributed by atoms with Crippen LogP contribution < -0.4 is 5.32 Å². The molecule has 106 valence electrons. The highest BCUT2D eigenvalue weighted by Gasteiger charge is 2.42. The van der Waals surface area contributed by atoms with E-state index in [1.54, 1.807) is 0 Å². The van der Waals surface area contributed by atoms with Gasteiger partial charge in [0, 0.05) is 12.3 Å². The molecule has 3 nitrogen and oxygen atoms in total. The van der Waals surface area contributed by atoms with E-state index in [4.69, 9.17) is 0 Å². The smallest absolute Gasteiger partial charge is 0.147 e. The van der Waals surface area contributed by atoms with Crippen LogP contribution in [0.15, 0.2) is 0 Å². The highest BCUT2D eigenvalue weighted by atomic mass is 32.2. The van der Waals surface area contributed by atoms with Gasteiger partial charge in [-0.2, -0.15) is 0 Å². The average molecular weight is 273 g/mol. The predicted octanol–water partition coefficient (Wildman–Crippen LogP) is 2.23. The van der Waals surface area contributed by atoms with E-state index in [0.717, 1.165) is 37.1 Å². The van der Waals surface area contributed by atoms with Gasteiger partial charge in [0.25, 0.3) is 0 Å². The lowest BCUT2D eigenvalue weighted by molar-refractivity contribution is 0.244. The number of fused-ring (bicyclic) bond motifs is 2. The molecule has 2 rings (SSSR count). The second kappa shape index (κ2) is 5.91. The van der Waals surface area contributed by atoms with E-state index in [2.05, 4.69) is 12.2 Å². The van der Waals surface area contributed by atoms with Crippen molar-refractivity contribution >= 4 is 9.84 Å². The molecule has 0 heterocycles. The van der Waals surface area contributed by atoms with Gasteiger partial charge in [-0.05, 0) is 56.4 Å². The fourth-order valence-corrected chi connectivity index (χ4v) is 4.61. The third kappa shape index (κ3) is 3.70. The monoisotopic (exact) mass is 273 g/mol. The predicted molar refractivity (Wildman–Crippen MR) is 75.3 cm³/mol. The van der Waals surface area contributed by atoms with Crippen LogP contribution in [0.5, 0.6) is 0 Å². The molecule has 4 heteroatoms. The Labute approximate surface area is 112 Å². The number of sulfone groups is 1. The summed E-state index contributed by atoms with van der Waals surface area (Å²) in [4.78, 5) is 0. The number of nitrogens with one attached hydrogen (secondary N) is 1. The third-order valence-corrected chi connectivity index (χ3v) is 5.74. The van der Waals surface area contributed by atoms with Gasteiger partial charge in [-0.3, -0.25) is 0 Å². The number of hydrogen-bond acceptors (Lipinski definition) is 3. The van der Waals surface area contributed by atoms with Gasteiger partial charge in [0.1, 0.15) is 9.84 Å². The molecule has 0 saturated heterocycles. The molecule has 0 aromatic carbocycles. The van der Waals surface area contributed by atoms with E-state index in [-0.39, 0.29) is 0 Å². The van der Waals surface area contributed by atoms with Gasteiger partial charge < -0.3 is 5.32 Å². The Morgan fingerprint density at radius 1 is 1.28 bits per heavy atom. The lowest BCUT2D eigenvalue weighted by Crippen LogP contribution is -2.40. The topological polar surface area (TPSA) is 46.2 Å². The Morgan fingerprint density at radius 3 is 2.56 bits per heavy atom. The summed E-state index contributed by atoms with van der Waals surface area (Å²) in [6.07, 6.45) is 8.78. The summed E-state index contributed by atoms with van der Waals surface area (Å²) in [7, 11) is -2.83. The van der Waals surface area contributed by atoms with E-state index in [1.807, 2.05) is 0 Å². The zero-order chi connectivity index (χ0) is 13.2. The molecule has 4 unspecified atom stereocenters. The van der Waals surface area contributed by atoms with Crippen LogP contribution >= 0.6 is 0 Å². The van der Waals surface area contributed by atoms with E-state index in [9.17, 15) is 8.42 Å². The summed E-state index contributed by atoms with van der Waals surface area (Å²) in [5.74, 6) is 2.87. The second-order valence-corrected chi connectivity index (χ2v) is 8.58. The molecule has 2 aliphatic rings. The van der Waals surface area contributed by atoms with Crippen molar-refractivity contribution < 1.29 is 8.42 Å². The molecular formula is C14H27NO2S. The lowest BCUT2D eigenvalue weighted by Gasteiger charge is -2.31. The van der Waals surface area contributed by atoms with Crippen molar-refractivity contribution in [2.24, 2.45) is 17.8 Å². The SMILES string of the molecule is CCCNC(CCS(C)(=O)=O)C1CC2CCC1C2. The molecule has 0 amide bonds. The Hall–Kier alpha value is -0.0900. The minimum atomic E-state index is -2.83. The average Bonchev–Trinajstić information content (AvgIpc) is 2.89. The number of hydrogen-bond donors (Lipinski definition) is 1. The largest absolute Gasteiger partial charge is 0.314 e. The van der Waals surface area contributed by atoms with Crippen LogP contribution in [0.25, 0.3) is 0 Å². The molecule has 4 atom stereocenters. The fraction of sp³-hybridized carbons (Fsp3) is 1.00. The van der Waals surface area contributed by atoms with Gasteiger partial charge in [0.15, 0.2) is 0 Å². The molecule has 0 spiro atoms. The quantitative estimate of drug-likeness (QED) is 0.773. The molecule has 0 aliphatic heterocycles. The minimum absolute atomic E-state index is 0.336. The second-order valence-electron chi connectivity index (χ2n) is 6.32. The van der Waals surface area contributed by atoms with Crippen molar-refractivity contribution in [3.8, 4) is 0 Å². The van der Waals surface area contributed by atoms with Crippen LogP contribution in [0.1, 0.15) is 45.4 Å². The normalized spacial score (nSPS) is 32.9. The Bertz CT molecular complexity index is 366. The van der Waals surface area contributed by atoms with Gasteiger partial charge >= 0.3 is 0 Å². The first-order chi connectivity index (χ1) is 8.49. The van der Waals surface area contributed by atoms with Crippen LogP contribution in [-0.2, 0) is 9.84 Å². The van der Waals surface area contributed by atoms with Crippen molar-refractivity contribution in [1.82, 2.24) is 5.32 Å². The highest BCUT2D eigenvalue weighted by molar-refractivity contribution is 7.90. The molecule has 2 bridgehead atoms. The lowest BCUT2D eigenvalue weighted by atomic mass is 9.82. The van der Waals surface area contributed by atoms with E-state index in [1.165, 1.54) is 31.9 Å². The van der Waals surface area contributed by atoms with Crippen LogP contribution in [0, 0.1) is 17.8 Å². The first-order valence-electron chi connectivity index (χ1n) is 7.40. The van der Waals surface area contributed by atoms with Gasteiger partial charge in [-0.15, -0.1) is 0 Å². The summed E-state index contributed by atoms with van der Waals surface area (Å²) in [5, 5.41) is 3.60. The maximum absolute atomic E-state index is 11.4. The van der Waals surface area contributed by atoms with Gasteiger partial charge in [-0.1, -0.05) is 13.3 Å². The van der Waals surface area contributed by atoms with Crippen molar-refractivity contribution in [1.29, 1.82) is 0 Å². The first kappa shape index (κ1) is 14.3. The van der Waals surface area contributed by atoms with Crippen molar-refractivity contribution in [2.75, 3.05) is 18.6 Å². The van der Waals surface area contributed by atoms with Crippen molar-refractivity contribution in [3.05, 3.63) is 0 Å². The third-order valence-electron chi connectivity index (χ3n) is 4.77. The zero-order valence-corrected chi connectivity index (χ0v) is 12.5. The summed E-state index contributed by atoms with van der Waals surface area (Å²) < 4.78 is 22.7. The standard InChI is InChI=1S/C14H27NO2S/c1-3-7-15-14(6-8-18(2,16)17)13-10-11-4-5-12(13)9-11/h11-15H,3-10H2,1-2H3. The Kier molecular flexibility index (Phi) is 4.70. The molecule has 0 aromatic heterocycles. The highest BCUT2D eigenvalue weighted by Crippen LogP contribution is 2.49. The maximum atomic E-state index is 11.4. The minimum Gasteiger partial charge on any atom is -0.314 e. The summed E-state index contributed by atoms with van der Waals surface area (Å²) in [5.41, 5.74) is 0. The van der Waals surface area contributed by atoms with E-state index < -0.39 is 9.84 Å². The molecule has 0 radical (unpaired) electrons. The molecular weight excluding hydrogens is 246 g/mol.